The van der Waals surface area contributed by atoms with Gasteiger partial charge >= 0.3 is 0 Å². The topological polar surface area (TPSA) is 12.5 Å². The molecule has 15 aromatic carbocycles. The lowest BCUT2D eigenvalue weighted by Gasteiger charge is -2.40. The zero-order valence-corrected chi connectivity index (χ0v) is 49.6. The first-order valence-electron chi connectivity index (χ1n) is 31.8. The van der Waals surface area contributed by atoms with E-state index in [0.29, 0.717) is 0 Å². The van der Waals surface area contributed by atoms with E-state index in [-0.39, 0.29) is 0 Å². The van der Waals surface area contributed by atoms with Gasteiger partial charge in [-0.1, -0.05) is 303 Å². The molecule has 0 aromatic heterocycles. The Morgan fingerprint density at radius 1 is 0.231 bits per heavy atom. The van der Waals surface area contributed by atoms with Crippen LogP contribution in [0.2, 0.25) is 0 Å². The Morgan fingerprint density at radius 3 is 1.19 bits per heavy atom. The van der Waals surface area contributed by atoms with Crippen LogP contribution in [0.1, 0.15) is 66.8 Å². The molecule has 2 spiro atoms. The number of anilines is 3. The molecule has 0 unspecified atom stereocenters. The summed E-state index contributed by atoms with van der Waals surface area (Å²) in [6.07, 6.45) is 0. The fourth-order valence-electron chi connectivity index (χ4n) is 17.8. The van der Waals surface area contributed by atoms with Crippen LogP contribution in [0.15, 0.2) is 334 Å². The molecule has 2 heteroatoms. The van der Waals surface area contributed by atoms with E-state index in [1.54, 1.807) is 0 Å². The highest BCUT2D eigenvalue weighted by atomic mass is 16.5. The molecule has 0 amide bonds. The van der Waals surface area contributed by atoms with Crippen LogP contribution < -0.4 is 9.64 Å². The van der Waals surface area contributed by atoms with Crippen LogP contribution >= 0.6 is 0 Å². The Hall–Kier alpha value is -11.6. The van der Waals surface area contributed by atoms with E-state index in [1.165, 1.54) is 106 Å². The van der Waals surface area contributed by atoms with Crippen molar-refractivity contribution in [2.75, 3.05) is 4.90 Å². The molecule has 422 valence electrons. The molecule has 1 heterocycles. The van der Waals surface area contributed by atoms with Gasteiger partial charge in [-0.3, -0.25) is 0 Å². The summed E-state index contributed by atoms with van der Waals surface area (Å²) in [5, 5.41) is 4.54. The first-order valence-corrected chi connectivity index (χ1v) is 31.8. The maximum atomic E-state index is 7.34. The fourth-order valence-corrected chi connectivity index (χ4v) is 17.8. The fraction of sp³-hybridized carbons (Fsp3) is 0.0337. The van der Waals surface area contributed by atoms with Gasteiger partial charge in [0.15, 0.2) is 0 Å². The third kappa shape index (κ3) is 6.45. The molecule has 1 aliphatic heterocycles. The zero-order chi connectivity index (χ0) is 59.6. The van der Waals surface area contributed by atoms with Crippen LogP contribution in [0.5, 0.6) is 11.5 Å². The summed E-state index contributed by atoms with van der Waals surface area (Å²) in [4.78, 5) is 2.56. The predicted molar refractivity (Wildman–Crippen MR) is 373 cm³/mol. The molecule has 0 saturated carbocycles. The minimum atomic E-state index is -0.665. The lowest BCUT2D eigenvalue weighted by atomic mass is 9.65. The van der Waals surface area contributed by atoms with Gasteiger partial charge in [-0.2, -0.15) is 0 Å². The summed E-state index contributed by atoms with van der Waals surface area (Å²) < 4.78 is 7.34. The lowest BCUT2D eigenvalue weighted by molar-refractivity contribution is 0.447. The number of ether oxygens (including phenoxy) is 1. The minimum absolute atomic E-state index is 0.467. The van der Waals surface area contributed by atoms with Crippen molar-refractivity contribution >= 4 is 38.6 Å². The van der Waals surface area contributed by atoms with Crippen LogP contribution in [0.4, 0.5) is 17.1 Å². The van der Waals surface area contributed by atoms with Crippen LogP contribution in [0.3, 0.4) is 0 Å². The first-order chi connectivity index (χ1) is 45.2. The zero-order valence-electron chi connectivity index (χ0n) is 49.6. The van der Waals surface area contributed by atoms with Crippen molar-refractivity contribution in [3.8, 4) is 67.1 Å². The van der Waals surface area contributed by atoms with Crippen LogP contribution in [0.25, 0.3) is 77.2 Å². The van der Waals surface area contributed by atoms with Crippen molar-refractivity contribution in [2.24, 2.45) is 0 Å². The molecule has 0 bridgehead atoms. The van der Waals surface area contributed by atoms with Gasteiger partial charge in [0.05, 0.1) is 21.9 Å². The van der Waals surface area contributed by atoms with E-state index in [1.807, 2.05) is 0 Å². The van der Waals surface area contributed by atoms with E-state index in [0.717, 1.165) is 66.8 Å². The number of hydrogen-bond acceptors (Lipinski definition) is 2. The number of fused-ring (bicyclic) bond motifs is 26. The smallest absolute Gasteiger partial charge is 0.140 e. The molecule has 0 atom stereocenters. The van der Waals surface area contributed by atoms with Crippen LogP contribution in [0, 0.1) is 0 Å². The Bertz CT molecular complexity index is 5410. The number of hydrogen-bond donors (Lipinski definition) is 0. The maximum Gasteiger partial charge on any atom is 0.140 e. The Morgan fingerprint density at radius 2 is 0.615 bits per heavy atom. The second kappa shape index (κ2) is 18.7. The van der Waals surface area contributed by atoms with Gasteiger partial charge < -0.3 is 9.64 Å². The third-order valence-electron chi connectivity index (χ3n) is 21.2. The summed E-state index contributed by atoms with van der Waals surface area (Å²) in [6, 6.07) is 125. The summed E-state index contributed by atoms with van der Waals surface area (Å²) in [5.41, 5.74) is 29.2. The highest BCUT2D eigenvalue weighted by molar-refractivity contribution is 6.04. The van der Waals surface area contributed by atoms with Gasteiger partial charge in [0.2, 0.25) is 0 Å². The lowest BCUT2D eigenvalue weighted by Crippen LogP contribution is -2.32. The Labute approximate surface area is 528 Å². The number of nitrogens with zero attached hydrogens (tertiary/aromatic N) is 1. The summed E-state index contributed by atoms with van der Waals surface area (Å²) in [5.74, 6) is 1.84. The standard InChI is InChI=1S/C89H55NO/c1-3-25-59(26-4-1)87(60-27-5-2-6-28-60)75-40-19-15-35-70(75)84-79(87)43-22-44-82(84)90(62-51-54-77-71(55-62)68-33-13-18-39-74(68)88(77)72-37-16-11-31-66(72)67-32-12-17-38-73(67)88)61-49-45-58(46-50-61)63-36-21-42-78-83(63)69-34-14-20-41-76(69)89(78)80-52-47-56-23-7-9-29-64(56)85(80)91-86-65-30-10-8-24-57(65)48-53-81(86)89/h1-55H. The molecule has 0 radical (unpaired) electrons. The van der Waals surface area contributed by atoms with E-state index in [9.17, 15) is 0 Å². The molecule has 0 saturated heterocycles. The van der Waals surface area contributed by atoms with Crippen LogP contribution in [-0.2, 0) is 16.2 Å². The maximum absolute atomic E-state index is 7.34. The molecular weight excluding hydrogens is 1100 g/mol. The van der Waals surface area contributed by atoms with Gasteiger partial charge in [0.1, 0.15) is 11.5 Å². The van der Waals surface area contributed by atoms with Gasteiger partial charge in [0.25, 0.3) is 0 Å². The summed E-state index contributed by atoms with van der Waals surface area (Å²) >= 11 is 0. The predicted octanol–water partition coefficient (Wildman–Crippen LogP) is 22.3. The second-order valence-electron chi connectivity index (χ2n) is 25.2. The molecule has 0 fully saturated rings. The third-order valence-corrected chi connectivity index (χ3v) is 21.2. The minimum Gasteiger partial charge on any atom is -0.455 e. The van der Waals surface area contributed by atoms with E-state index < -0.39 is 16.2 Å². The monoisotopic (exact) mass is 1150 g/mol. The van der Waals surface area contributed by atoms with E-state index in [4.69, 9.17) is 4.74 Å². The van der Waals surface area contributed by atoms with Gasteiger partial charge in [0, 0.05) is 38.8 Å². The van der Waals surface area contributed by atoms with Crippen molar-refractivity contribution in [1.82, 2.24) is 0 Å². The molecule has 5 aliphatic rings. The van der Waals surface area contributed by atoms with Gasteiger partial charge in [-0.15, -0.1) is 0 Å². The van der Waals surface area contributed by atoms with Gasteiger partial charge in [-0.05, 0) is 147 Å². The summed E-state index contributed by atoms with van der Waals surface area (Å²) in [7, 11) is 0. The Balaban J connectivity index is 0.819. The molecule has 20 rings (SSSR count). The largest absolute Gasteiger partial charge is 0.455 e. The molecule has 2 nitrogen and oxygen atoms in total. The van der Waals surface area contributed by atoms with Crippen molar-refractivity contribution in [2.45, 2.75) is 16.2 Å². The second-order valence-corrected chi connectivity index (χ2v) is 25.2. The molecule has 91 heavy (non-hydrogen) atoms. The van der Waals surface area contributed by atoms with E-state index >= 15 is 0 Å². The summed E-state index contributed by atoms with van der Waals surface area (Å²) in [6.45, 7) is 0. The van der Waals surface area contributed by atoms with Crippen molar-refractivity contribution in [3.63, 3.8) is 0 Å². The molecular formula is C89H55NO. The van der Waals surface area contributed by atoms with Crippen molar-refractivity contribution < 1.29 is 4.74 Å². The number of benzene rings is 15. The average Bonchev–Trinajstić information content (AvgIpc) is 1.59. The van der Waals surface area contributed by atoms with Crippen molar-refractivity contribution in [3.05, 3.63) is 400 Å². The first kappa shape index (κ1) is 50.4. The molecule has 0 N–H and O–H groups in total. The molecule has 4 aliphatic carbocycles. The highest BCUT2D eigenvalue weighted by Gasteiger charge is 2.54. The van der Waals surface area contributed by atoms with Crippen molar-refractivity contribution in [1.29, 1.82) is 0 Å². The highest BCUT2D eigenvalue weighted by Crippen LogP contribution is 2.67. The SMILES string of the molecule is c1ccc(C2(c3ccccc3)c3ccccc3-c3c(N(c4ccc(-c5cccc6c5-c5ccccc5C65c6ccc7ccccc7c6Oc6c5ccc5ccccc65)cc4)c4ccc5c(c4)-c4ccccc4C54c5ccccc5-c5ccccc54)cccc32)cc1. The Kier molecular flexibility index (Phi) is 10.4. The van der Waals surface area contributed by atoms with E-state index in [2.05, 4.69) is 339 Å². The van der Waals surface area contributed by atoms with Crippen LogP contribution in [-0.4, -0.2) is 0 Å². The average molecular weight is 1150 g/mol. The number of rotatable bonds is 6. The quantitative estimate of drug-likeness (QED) is 0.165. The normalized spacial score (nSPS) is 14.5. The van der Waals surface area contributed by atoms with Gasteiger partial charge in [-0.25, -0.2) is 0 Å². The molecule has 15 aromatic rings.